The van der Waals surface area contributed by atoms with Crippen molar-refractivity contribution >= 4 is 16.7 Å². The average Bonchev–Trinajstić information content (AvgIpc) is 3.17. The highest BCUT2D eigenvalue weighted by atomic mass is 16.5. The number of ether oxygens (including phenoxy) is 1. The molecule has 0 atom stereocenters. The number of anilines is 1. The molecule has 1 aliphatic rings. The summed E-state index contributed by atoms with van der Waals surface area (Å²) in [6.45, 7) is 1.60. The third kappa shape index (κ3) is 2.23. The van der Waals surface area contributed by atoms with E-state index in [9.17, 15) is 0 Å². The van der Waals surface area contributed by atoms with Crippen LogP contribution < -0.4 is 5.32 Å². The summed E-state index contributed by atoms with van der Waals surface area (Å²) in [6, 6.07) is 2.38. The van der Waals surface area contributed by atoms with Crippen LogP contribution in [0.5, 0.6) is 0 Å². The highest BCUT2D eigenvalue weighted by molar-refractivity contribution is 5.89. The van der Waals surface area contributed by atoms with E-state index in [4.69, 9.17) is 9.26 Å². The van der Waals surface area contributed by atoms with Gasteiger partial charge in [0, 0.05) is 36.4 Å². The Hall–Kier alpha value is -2.48. The molecule has 3 aromatic heterocycles. The summed E-state index contributed by atoms with van der Waals surface area (Å²) in [6.07, 6.45) is 7.04. The molecular formula is C13H14N6O2. The number of hydrogen-bond donors (Lipinski definition) is 1. The Balaban J connectivity index is 1.70. The van der Waals surface area contributed by atoms with Crippen LogP contribution in [-0.4, -0.2) is 44.4 Å². The molecule has 4 heterocycles. The molecule has 1 saturated heterocycles. The highest BCUT2D eigenvalue weighted by Gasteiger charge is 2.17. The van der Waals surface area contributed by atoms with Gasteiger partial charge in [-0.25, -0.2) is 4.98 Å². The van der Waals surface area contributed by atoms with E-state index in [2.05, 4.69) is 25.8 Å². The first kappa shape index (κ1) is 12.3. The smallest absolute Gasteiger partial charge is 0.274 e. The molecule has 3 aromatic rings. The summed E-state index contributed by atoms with van der Waals surface area (Å²) >= 11 is 0. The van der Waals surface area contributed by atoms with Crippen molar-refractivity contribution in [2.45, 2.75) is 18.9 Å². The summed E-state index contributed by atoms with van der Waals surface area (Å²) < 4.78 is 12.0. The van der Waals surface area contributed by atoms with Crippen LogP contribution in [0.2, 0.25) is 0 Å². The third-order valence-electron chi connectivity index (χ3n) is 3.61. The van der Waals surface area contributed by atoms with Crippen molar-refractivity contribution in [1.82, 2.24) is 25.1 Å². The van der Waals surface area contributed by atoms with Crippen LogP contribution in [0, 0.1) is 0 Å². The average molecular weight is 286 g/mol. The molecule has 0 saturated carbocycles. The molecule has 0 aliphatic carbocycles. The molecule has 1 aliphatic heterocycles. The van der Waals surface area contributed by atoms with Gasteiger partial charge in [0.05, 0.1) is 11.6 Å². The number of nitrogens with one attached hydrogen (secondary N) is 1. The molecule has 0 unspecified atom stereocenters. The van der Waals surface area contributed by atoms with Crippen LogP contribution in [0.1, 0.15) is 12.8 Å². The van der Waals surface area contributed by atoms with Crippen molar-refractivity contribution in [3.63, 3.8) is 0 Å². The Morgan fingerprint density at radius 2 is 2.14 bits per heavy atom. The predicted molar refractivity (Wildman–Crippen MR) is 74.2 cm³/mol. The zero-order chi connectivity index (χ0) is 14.1. The van der Waals surface area contributed by atoms with Crippen molar-refractivity contribution in [3.05, 3.63) is 24.7 Å². The first-order valence-corrected chi connectivity index (χ1v) is 6.86. The van der Waals surface area contributed by atoms with Crippen LogP contribution in [0.25, 0.3) is 16.9 Å². The fourth-order valence-corrected chi connectivity index (χ4v) is 2.53. The minimum absolute atomic E-state index is 0.416. The maximum atomic E-state index is 5.38. The van der Waals surface area contributed by atoms with E-state index in [1.807, 2.05) is 6.07 Å². The molecule has 0 bridgehead atoms. The molecule has 0 aromatic carbocycles. The lowest BCUT2D eigenvalue weighted by atomic mass is 10.1. The number of fused-ring (bicyclic) bond motifs is 1. The second-order valence-electron chi connectivity index (χ2n) is 4.94. The van der Waals surface area contributed by atoms with Gasteiger partial charge in [0.1, 0.15) is 6.20 Å². The Bertz CT molecular complexity index is 732. The molecule has 21 heavy (non-hydrogen) atoms. The van der Waals surface area contributed by atoms with Crippen molar-refractivity contribution in [2.75, 3.05) is 18.5 Å². The molecule has 1 fully saturated rings. The molecule has 1 N–H and O–H groups in total. The number of nitrogens with zero attached hydrogens (tertiary/aromatic N) is 5. The van der Waals surface area contributed by atoms with Gasteiger partial charge in [-0.05, 0) is 18.9 Å². The van der Waals surface area contributed by atoms with Crippen LogP contribution in [0.15, 0.2) is 29.2 Å². The van der Waals surface area contributed by atoms with Crippen LogP contribution in [0.4, 0.5) is 5.69 Å². The molecule has 0 radical (unpaired) electrons. The van der Waals surface area contributed by atoms with Gasteiger partial charge in [0.2, 0.25) is 0 Å². The molecule has 0 spiro atoms. The van der Waals surface area contributed by atoms with Crippen LogP contribution in [0.3, 0.4) is 0 Å². The second-order valence-corrected chi connectivity index (χ2v) is 4.94. The fraction of sp³-hybridized carbons (Fsp3) is 0.385. The topological polar surface area (TPSA) is 90.9 Å². The number of rotatable bonds is 3. The van der Waals surface area contributed by atoms with Gasteiger partial charge < -0.3 is 14.6 Å². The third-order valence-corrected chi connectivity index (χ3v) is 3.61. The monoisotopic (exact) mass is 286 g/mol. The number of hydrogen-bond acceptors (Lipinski definition) is 7. The van der Waals surface area contributed by atoms with Crippen LogP contribution >= 0.6 is 0 Å². The Kier molecular flexibility index (Phi) is 3.00. The van der Waals surface area contributed by atoms with Gasteiger partial charge in [-0.15, -0.1) is 5.10 Å². The van der Waals surface area contributed by atoms with Gasteiger partial charge in [-0.3, -0.25) is 0 Å². The lowest BCUT2D eigenvalue weighted by Crippen LogP contribution is -2.27. The minimum Gasteiger partial charge on any atom is -0.381 e. The van der Waals surface area contributed by atoms with Crippen molar-refractivity contribution in [2.24, 2.45) is 0 Å². The second kappa shape index (κ2) is 5.13. The first-order chi connectivity index (χ1) is 10.4. The van der Waals surface area contributed by atoms with Gasteiger partial charge in [0.25, 0.3) is 5.88 Å². The standard InChI is InChI=1S/C13H14N6O2/c1-4-14-13-10(7-16-19(13)12-8-15-18-21-12)11(1)17-9-2-5-20-6-3-9/h1,4,7-9H,2-3,5-6H2,(H,14,17). The SMILES string of the molecule is c1cc(NC2CCOCC2)c2cnn(-c3cnno3)c2n1. The summed E-state index contributed by atoms with van der Waals surface area (Å²) in [5, 5.41) is 15.9. The van der Waals surface area contributed by atoms with E-state index in [0.717, 1.165) is 37.1 Å². The molecule has 0 amide bonds. The zero-order valence-electron chi connectivity index (χ0n) is 11.3. The van der Waals surface area contributed by atoms with Gasteiger partial charge in [0.15, 0.2) is 5.65 Å². The zero-order valence-corrected chi connectivity index (χ0v) is 11.3. The quantitative estimate of drug-likeness (QED) is 0.778. The van der Waals surface area contributed by atoms with E-state index in [1.54, 1.807) is 17.1 Å². The minimum atomic E-state index is 0.416. The van der Waals surface area contributed by atoms with Gasteiger partial charge in [-0.1, -0.05) is 0 Å². The first-order valence-electron chi connectivity index (χ1n) is 6.86. The van der Waals surface area contributed by atoms with Crippen molar-refractivity contribution < 1.29 is 9.26 Å². The Labute approximate surface area is 120 Å². The summed E-state index contributed by atoms with van der Waals surface area (Å²) in [4.78, 5) is 4.37. The Morgan fingerprint density at radius 1 is 1.24 bits per heavy atom. The predicted octanol–water partition coefficient (Wildman–Crippen LogP) is 1.39. The summed E-state index contributed by atoms with van der Waals surface area (Å²) in [5.41, 5.74) is 1.73. The Morgan fingerprint density at radius 3 is 2.95 bits per heavy atom. The molecule has 4 rings (SSSR count). The van der Waals surface area contributed by atoms with Gasteiger partial charge in [-0.2, -0.15) is 9.78 Å². The van der Waals surface area contributed by atoms with E-state index >= 15 is 0 Å². The lowest BCUT2D eigenvalue weighted by molar-refractivity contribution is 0.0905. The summed E-state index contributed by atoms with van der Waals surface area (Å²) in [7, 11) is 0. The number of aromatic nitrogens is 5. The maximum Gasteiger partial charge on any atom is 0.274 e. The molecule has 108 valence electrons. The van der Waals surface area contributed by atoms with E-state index in [-0.39, 0.29) is 0 Å². The van der Waals surface area contributed by atoms with E-state index < -0.39 is 0 Å². The van der Waals surface area contributed by atoms with Gasteiger partial charge >= 0.3 is 0 Å². The largest absolute Gasteiger partial charge is 0.381 e. The normalized spacial score (nSPS) is 16.4. The summed E-state index contributed by atoms with van der Waals surface area (Å²) in [5.74, 6) is 0.445. The van der Waals surface area contributed by atoms with E-state index in [1.165, 1.54) is 6.20 Å². The molecule has 8 nitrogen and oxygen atoms in total. The van der Waals surface area contributed by atoms with Crippen molar-refractivity contribution in [3.8, 4) is 5.88 Å². The molecule has 8 heteroatoms. The molecular weight excluding hydrogens is 272 g/mol. The maximum absolute atomic E-state index is 5.38. The fourth-order valence-electron chi connectivity index (χ4n) is 2.53. The lowest BCUT2D eigenvalue weighted by Gasteiger charge is -2.24. The highest BCUT2D eigenvalue weighted by Crippen LogP contribution is 2.25. The van der Waals surface area contributed by atoms with Crippen molar-refractivity contribution in [1.29, 1.82) is 0 Å². The number of pyridine rings is 1. The van der Waals surface area contributed by atoms with Crippen LogP contribution in [-0.2, 0) is 4.74 Å². The van der Waals surface area contributed by atoms with E-state index in [0.29, 0.717) is 17.6 Å².